The minimum Gasteiger partial charge on any atom is -0.362 e. The van der Waals surface area contributed by atoms with Crippen molar-refractivity contribution in [3.63, 3.8) is 0 Å². The van der Waals surface area contributed by atoms with Gasteiger partial charge >= 0.3 is 0 Å². The standard InChI is InChI=1S/C11H11N5S/c1-7(9-3-2-4-17-9)15-10-8-5-14-16-11(8)13-6-12-10/h2-7H,1H3,(H2,12,13,14,15,16). The molecule has 86 valence electrons. The molecular weight excluding hydrogens is 234 g/mol. The predicted molar refractivity (Wildman–Crippen MR) is 68.0 cm³/mol. The fourth-order valence-corrected chi connectivity index (χ4v) is 2.43. The van der Waals surface area contributed by atoms with Gasteiger partial charge in [-0.15, -0.1) is 11.3 Å². The third-order valence-corrected chi connectivity index (χ3v) is 3.63. The summed E-state index contributed by atoms with van der Waals surface area (Å²) in [5, 5.41) is 13.2. The van der Waals surface area contributed by atoms with E-state index in [2.05, 4.69) is 43.9 Å². The summed E-state index contributed by atoms with van der Waals surface area (Å²) >= 11 is 1.73. The smallest absolute Gasteiger partial charge is 0.160 e. The summed E-state index contributed by atoms with van der Waals surface area (Å²) < 4.78 is 0. The summed E-state index contributed by atoms with van der Waals surface area (Å²) in [6, 6.07) is 4.38. The van der Waals surface area contributed by atoms with Gasteiger partial charge in [0.25, 0.3) is 0 Å². The molecule has 2 N–H and O–H groups in total. The topological polar surface area (TPSA) is 66.5 Å². The number of hydrogen-bond acceptors (Lipinski definition) is 5. The molecule has 17 heavy (non-hydrogen) atoms. The first-order valence-electron chi connectivity index (χ1n) is 5.28. The summed E-state index contributed by atoms with van der Waals surface area (Å²) in [7, 11) is 0. The molecule has 0 saturated carbocycles. The van der Waals surface area contributed by atoms with Gasteiger partial charge in [0.2, 0.25) is 0 Å². The fraction of sp³-hybridized carbons (Fsp3) is 0.182. The first-order valence-corrected chi connectivity index (χ1v) is 6.16. The zero-order valence-corrected chi connectivity index (χ0v) is 10.0. The van der Waals surface area contributed by atoms with Crippen molar-refractivity contribution < 1.29 is 0 Å². The molecule has 6 heteroatoms. The molecule has 0 amide bonds. The average molecular weight is 245 g/mol. The van der Waals surface area contributed by atoms with Gasteiger partial charge < -0.3 is 5.32 Å². The summed E-state index contributed by atoms with van der Waals surface area (Å²) in [6.07, 6.45) is 3.27. The highest BCUT2D eigenvalue weighted by Gasteiger charge is 2.10. The minimum absolute atomic E-state index is 0.225. The van der Waals surface area contributed by atoms with Crippen LogP contribution in [0, 0.1) is 0 Å². The molecule has 0 radical (unpaired) electrons. The second-order valence-corrected chi connectivity index (χ2v) is 4.72. The van der Waals surface area contributed by atoms with Crippen LogP contribution in [0.2, 0.25) is 0 Å². The third-order valence-electron chi connectivity index (χ3n) is 2.57. The average Bonchev–Trinajstić information content (AvgIpc) is 3.00. The zero-order valence-electron chi connectivity index (χ0n) is 9.21. The van der Waals surface area contributed by atoms with E-state index in [4.69, 9.17) is 0 Å². The molecule has 0 aliphatic heterocycles. The van der Waals surface area contributed by atoms with Gasteiger partial charge in [0.05, 0.1) is 17.6 Å². The summed E-state index contributed by atoms with van der Waals surface area (Å²) in [4.78, 5) is 9.63. The van der Waals surface area contributed by atoms with Crippen molar-refractivity contribution in [3.8, 4) is 0 Å². The number of thiophene rings is 1. The maximum atomic E-state index is 4.25. The number of aromatic amines is 1. The van der Waals surface area contributed by atoms with Crippen LogP contribution in [-0.4, -0.2) is 20.2 Å². The molecule has 0 bridgehead atoms. The highest BCUT2D eigenvalue weighted by atomic mass is 32.1. The van der Waals surface area contributed by atoms with Crippen molar-refractivity contribution in [3.05, 3.63) is 34.9 Å². The lowest BCUT2D eigenvalue weighted by atomic mass is 10.2. The molecule has 0 aromatic carbocycles. The Morgan fingerprint density at radius 3 is 3.18 bits per heavy atom. The van der Waals surface area contributed by atoms with E-state index in [1.54, 1.807) is 17.5 Å². The first kappa shape index (κ1) is 10.2. The van der Waals surface area contributed by atoms with Crippen LogP contribution in [0.4, 0.5) is 5.82 Å². The van der Waals surface area contributed by atoms with E-state index in [1.165, 1.54) is 11.2 Å². The Kier molecular flexibility index (Phi) is 2.49. The molecule has 0 fully saturated rings. The number of nitrogens with zero attached hydrogens (tertiary/aromatic N) is 3. The van der Waals surface area contributed by atoms with Crippen molar-refractivity contribution in [1.29, 1.82) is 0 Å². The normalized spacial score (nSPS) is 12.8. The summed E-state index contributed by atoms with van der Waals surface area (Å²) in [6.45, 7) is 2.11. The second-order valence-electron chi connectivity index (χ2n) is 3.74. The van der Waals surface area contributed by atoms with Crippen LogP contribution in [0.25, 0.3) is 11.0 Å². The van der Waals surface area contributed by atoms with E-state index in [0.717, 1.165) is 16.9 Å². The number of fused-ring (bicyclic) bond motifs is 1. The van der Waals surface area contributed by atoms with E-state index >= 15 is 0 Å². The number of hydrogen-bond donors (Lipinski definition) is 2. The van der Waals surface area contributed by atoms with Crippen LogP contribution in [0.5, 0.6) is 0 Å². The quantitative estimate of drug-likeness (QED) is 0.744. The maximum absolute atomic E-state index is 4.25. The van der Waals surface area contributed by atoms with Gasteiger partial charge in [0.1, 0.15) is 12.1 Å². The molecule has 5 nitrogen and oxygen atoms in total. The van der Waals surface area contributed by atoms with Crippen LogP contribution in [0.3, 0.4) is 0 Å². The maximum Gasteiger partial charge on any atom is 0.160 e. The van der Waals surface area contributed by atoms with Gasteiger partial charge in [-0.2, -0.15) is 5.10 Å². The Hall–Kier alpha value is -1.95. The molecule has 1 atom stereocenters. The number of anilines is 1. The van der Waals surface area contributed by atoms with Gasteiger partial charge in [0, 0.05) is 4.88 Å². The monoisotopic (exact) mass is 245 g/mol. The molecule has 3 rings (SSSR count). The van der Waals surface area contributed by atoms with E-state index in [-0.39, 0.29) is 6.04 Å². The Morgan fingerprint density at radius 2 is 2.35 bits per heavy atom. The SMILES string of the molecule is CC(Nc1ncnc2[nH]ncc12)c1cccs1. The molecule has 3 heterocycles. The molecule has 1 unspecified atom stereocenters. The summed E-state index contributed by atoms with van der Waals surface area (Å²) in [5.41, 5.74) is 0.751. The zero-order chi connectivity index (χ0) is 11.7. The molecule has 0 aliphatic rings. The molecule has 0 spiro atoms. The van der Waals surface area contributed by atoms with Crippen LogP contribution in [0.1, 0.15) is 17.8 Å². The van der Waals surface area contributed by atoms with E-state index in [0.29, 0.717) is 0 Å². The Bertz CT molecular complexity index is 616. The van der Waals surface area contributed by atoms with Gasteiger partial charge in [-0.25, -0.2) is 9.97 Å². The number of nitrogens with one attached hydrogen (secondary N) is 2. The lowest BCUT2D eigenvalue weighted by Gasteiger charge is -2.12. The fourth-order valence-electron chi connectivity index (χ4n) is 1.69. The van der Waals surface area contributed by atoms with Crippen molar-refractivity contribution >= 4 is 28.2 Å². The molecule has 3 aromatic rings. The highest BCUT2D eigenvalue weighted by Crippen LogP contribution is 2.25. The minimum atomic E-state index is 0.225. The van der Waals surface area contributed by atoms with Crippen LogP contribution < -0.4 is 5.32 Å². The van der Waals surface area contributed by atoms with Gasteiger partial charge in [0.15, 0.2) is 5.65 Å². The number of rotatable bonds is 3. The third kappa shape index (κ3) is 1.87. The predicted octanol–water partition coefficient (Wildman–Crippen LogP) is 2.59. The van der Waals surface area contributed by atoms with Crippen molar-refractivity contribution in [2.75, 3.05) is 5.32 Å². The number of H-pyrrole nitrogens is 1. The largest absolute Gasteiger partial charge is 0.362 e. The Labute approximate surface area is 102 Å². The van der Waals surface area contributed by atoms with Crippen LogP contribution in [-0.2, 0) is 0 Å². The van der Waals surface area contributed by atoms with E-state index < -0.39 is 0 Å². The van der Waals surface area contributed by atoms with E-state index in [9.17, 15) is 0 Å². The van der Waals surface area contributed by atoms with Gasteiger partial charge in [-0.3, -0.25) is 5.10 Å². The molecule has 0 aliphatic carbocycles. The van der Waals surface area contributed by atoms with Crippen LogP contribution >= 0.6 is 11.3 Å². The van der Waals surface area contributed by atoms with E-state index in [1.807, 2.05) is 6.07 Å². The molecule has 0 saturated heterocycles. The lowest BCUT2D eigenvalue weighted by molar-refractivity contribution is 0.897. The van der Waals surface area contributed by atoms with Gasteiger partial charge in [-0.05, 0) is 18.4 Å². The van der Waals surface area contributed by atoms with Crippen molar-refractivity contribution in [1.82, 2.24) is 20.2 Å². The van der Waals surface area contributed by atoms with Crippen LogP contribution in [0.15, 0.2) is 30.0 Å². The molecular formula is C11H11N5S. The Balaban J connectivity index is 1.92. The van der Waals surface area contributed by atoms with Gasteiger partial charge in [-0.1, -0.05) is 6.07 Å². The van der Waals surface area contributed by atoms with Crippen molar-refractivity contribution in [2.24, 2.45) is 0 Å². The van der Waals surface area contributed by atoms with Crippen molar-refractivity contribution in [2.45, 2.75) is 13.0 Å². The molecule has 3 aromatic heterocycles. The summed E-state index contributed by atoms with van der Waals surface area (Å²) in [5.74, 6) is 0.810. The second kappa shape index (κ2) is 4.14. The Morgan fingerprint density at radius 1 is 1.41 bits per heavy atom. The lowest BCUT2D eigenvalue weighted by Crippen LogP contribution is -2.06. The number of aromatic nitrogens is 4. The first-order chi connectivity index (χ1) is 8.34. The highest BCUT2D eigenvalue weighted by molar-refractivity contribution is 7.10.